The van der Waals surface area contributed by atoms with Crippen molar-refractivity contribution < 1.29 is 24.1 Å². The van der Waals surface area contributed by atoms with Gasteiger partial charge in [-0.05, 0) is 17.2 Å². The monoisotopic (exact) mass is 1030 g/mol. The van der Waals surface area contributed by atoms with Crippen molar-refractivity contribution in [2.45, 2.75) is 0 Å². The van der Waals surface area contributed by atoms with Crippen LogP contribution in [0.3, 0.4) is 0 Å². The fourth-order valence-electron chi connectivity index (χ4n) is 9.18. The zero-order valence-corrected chi connectivity index (χ0v) is 37.6. The molecule has 8 heteroatoms. The van der Waals surface area contributed by atoms with E-state index in [9.17, 15) is 0 Å². The van der Waals surface area contributed by atoms with Gasteiger partial charge in [0.2, 0.25) is 0 Å². The van der Waals surface area contributed by atoms with Gasteiger partial charge in [-0.1, -0.05) is 42.5 Å². The van der Waals surface area contributed by atoms with Crippen LogP contribution in [0.1, 0.15) is 0 Å². The number of hydrogen-bond donors (Lipinski definition) is 0. The molecule has 12 aromatic rings. The van der Waals surface area contributed by atoms with Gasteiger partial charge in [-0.25, -0.2) is 9.97 Å². The Bertz CT molecular complexity index is 3750. The first-order chi connectivity index (χ1) is 32.7. The molecule has 0 amide bonds. The van der Waals surface area contributed by atoms with Gasteiger partial charge in [0.15, 0.2) is 5.82 Å². The van der Waals surface area contributed by atoms with Gasteiger partial charge >= 0.3 is 294 Å². The van der Waals surface area contributed by atoms with Crippen LogP contribution in [0.2, 0.25) is 0 Å². The topological polar surface area (TPSA) is 62.7 Å². The molecule has 0 aliphatic rings. The normalized spacial score (nSPS) is 11.4. The second kappa shape index (κ2) is 16.7. The zero-order chi connectivity index (χ0) is 44.0. The third kappa shape index (κ3) is 6.89. The summed E-state index contributed by atoms with van der Waals surface area (Å²) in [6.07, 6.45) is 5.42. The van der Waals surface area contributed by atoms with Gasteiger partial charge in [-0.2, -0.15) is 0 Å². The second-order valence-electron chi connectivity index (χ2n) is 16.0. The summed E-state index contributed by atoms with van der Waals surface area (Å²) in [4.78, 5) is 14.3. The van der Waals surface area contributed by atoms with Crippen LogP contribution in [0.4, 0.5) is 0 Å². The Balaban J connectivity index is 0.978. The van der Waals surface area contributed by atoms with Crippen molar-refractivity contribution in [3.63, 3.8) is 0 Å². The molecule has 7 nitrogen and oxygen atoms in total. The minimum atomic E-state index is 0.627. The summed E-state index contributed by atoms with van der Waals surface area (Å²) >= 11 is 2.49. The summed E-state index contributed by atoms with van der Waals surface area (Å²) in [6.45, 7) is 0. The molecule has 12 rings (SSSR count). The molecule has 0 unspecified atom stereocenters. The van der Waals surface area contributed by atoms with E-state index in [2.05, 4.69) is 237 Å². The van der Waals surface area contributed by atoms with Gasteiger partial charge < -0.3 is 0 Å². The molecule has 316 valence electrons. The standard InChI is InChI=1S/C58H38N6O.Pt/c1-4-17-40(18-5-1)46-26-15-27-47(41-19-6-2-7-20-41)57(46)63-39-62(53-29-12-13-30-54(53)63)43-23-14-24-44(35-43)65-45-31-32-49-48-25-10-11-28-52(48)64(55(49)36-45)56-37-50(42-21-8-3-9-22-42)51(38-61-56)58-59-33-16-34-60-58;/h1-38H;. The van der Waals surface area contributed by atoms with E-state index in [1.165, 1.54) is 0 Å². The van der Waals surface area contributed by atoms with Crippen LogP contribution in [0, 0.1) is 3.80 Å². The van der Waals surface area contributed by atoms with Crippen molar-refractivity contribution in [1.29, 1.82) is 0 Å². The third-order valence-corrected chi connectivity index (χ3v) is 13.1. The van der Waals surface area contributed by atoms with E-state index in [4.69, 9.17) is 9.72 Å². The number of nitrogens with zero attached hydrogens (tertiary/aromatic N) is 6. The summed E-state index contributed by atoms with van der Waals surface area (Å²) < 4.78 is 14.8. The van der Waals surface area contributed by atoms with E-state index in [1.54, 1.807) is 12.4 Å². The van der Waals surface area contributed by atoms with Crippen LogP contribution in [-0.2, 0) is 19.4 Å². The van der Waals surface area contributed by atoms with E-state index in [0.29, 0.717) is 11.6 Å². The first-order valence-corrected chi connectivity index (χ1v) is 22.9. The molecule has 8 aromatic carbocycles. The fourth-order valence-corrected chi connectivity index (χ4v) is 10.3. The van der Waals surface area contributed by atoms with Crippen LogP contribution in [0.15, 0.2) is 231 Å². The maximum atomic E-state index is 6.83. The third-order valence-electron chi connectivity index (χ3n) is 12.1. The van der Waals surface area contributed by atoms with Crippen LogP contribution in [0.5, 0.6) is 11.5 Å². The molecular weight excluding hydrogens is 992 g/mol. The van der Waals surface area contributed by atoms with Crippen LogP contribution in [0.25, 0.3) is 94.8 Å². The number of pyridine rings is 1. The molecule has 4 aromatic heterocycles. The SMILES string of the molecule is [Pt]=[c]1n(-c2cccc(Oc3ccc4c5ccccc5n(-c5cc(-c6ccccc6)c(-c6ncccn6)cn5)c4c3)c2)c2ccccc2n1-c1c(-c2ccccc2)cccc1-c1ccccc1. The molecule has 0 aliphatic carbocycles. The summed E-state index contributed by atoms with van der Waals surface area (Å²) in [6, 6.07) is 74.0. The van der Waals surface area contributed by atoms with Gasteiger partial charge in [-0.15, -0.1) is 0 Å². The van der Waals surface area contributed by atoms with Crippen molar-refractivity contribution in [3.8, 4) is 73.5 Å². The number of fused-ring (bicyclic) bond motifs is 4. The number of ether oxygens (including phenoxy) is 1. The first-order valence-electron chi connectivity index (χ1n) is 21.7. The number of aromatic nitrogens is 6. The molecule has 4 heterocycles. The quantitative estimate of drug-likeness (QED) is 0.145. The minimum absolute atomic E-state index is 0.627. The number of hydrogen-bond acceptors (Lipinski definition) is 4. The van der Waals surface area contributed by atoms with E-state index < -0.39 is 0 Å². The molecule has 0 radical (unpaired) electrons. The predicted molar refractivity (Wildman–Crippen MR) is 262 cm³/mol. The summed E-state index contributed by atoms with van der Waals surface area (Å²) in [5.41, 5.74) is 13.9. The van der Waals surface area contributed by atoms with Crippen molar-refractivity contribution in [1.82, 2.24) is 28.7 Å². The molecule has 66 heavy (non-hydrogen) atoms. The van der Waals surface area contributed by atoms with E-state index in [0.717, 1.165) is 98.5 Å². The number of imidazole rings is 1. The Kier molecular flexibility index (Phi) is 9.96. The van der Waals surface area contributed by atoms with Gasteiger partial charge in [0.25, 0.3) is 0 Å². The molecule has 0 fully saturated rings. The Morgan fingerprint density at radius 2 is 0.939 bits per heavy atom. The number of rotatable bonds is 9. The molecular formula is C58H38N6OPt. The van der Waals surface area contributed by atoms with Gasteiger partial charge in [0.05, 0.1) is 0 Å². The number of benzene rings is 8. The van der Waals surface area contributed by atoms with Gasteiger partial charge in [0, 0.05) is 24.2 Å². The molecule has 0 bridgehead atoms. The van der Waals surface area contributed by atoms with E-state index in [1.807, 2.05) is 24.4 Å². The summed E-state index contributed by atoms with van der Waals surface area (Å²) in [5.74, 6) is 2.85. The van der Waals surface area contributed by atoms with E-state index >= 15 is 0 Å². The Labute approximate surface area is 391 Å². The van der Waals surface area contributed by atoms with Crippen molar-refractivity contribution >= 4 is 32.8 Å². The average molecular weight is 1030 g/mol. The van der Waals surface area contributed by atoms with E-state index in [-0.39, 0.29) is 0 Å². The average Bonchev–Trinajstić information content (AvgIpc) is 3.87. The van der Waals surface area contributed by atoms with Crippen molar-refractivity contribution in [2.75, 3.05) is 0 Å². The molecule has 0 aliphatic heterocycles. The summed E-state index contributed by atoms with van der Waals surface area (Å²) in [7, 11) is 0. The Morgan fingerprint density at radius 1 is 0.379 bits per heavy atom. The predicted octanol–water partition coefficient (Wildman–Crippen LogP) is 14.2. The Morgan fingerprint density at radius 3 is 1.62 bits per heavy atom. The molecule has 0 atom stereocenters. The fraction of sp³-hybridized carbons (Fsp3) is 0. The molecule has 0 saturated heterocycles. The molecule has 0 spiro atoms. The van der Waals surface area contributed by atoms with Crippen LogP contribution in [-0.4, -0.2) is 28.7 Å². The number of para-hydroxylation sites is 4. The van der Waals surface area contributed by atoms with Crippen molar-refractivity contribution in [2.24, 2.45) is 0 Å². The maximum absolute atomic E-state index is 6.83. The van der Waals surface area contributed by atoms with Crippen LogP contribution < -0.4 is 4.74 Å². The summed E-state index contributed by atoms with van der Waals surface area (Å²) in [5, 5.41) is 2.24. The first kappa shape index (κ1) is 39.3. The Hall–Kier alpha value is -8.25. The molecule has 0 N–H and O–H groups in total. The zero-order valence-electron chi connectivity index (χ0n) is 35.3. The molecule has 0 saturated carbocycles. The van der Waals surface area contributed by atoms with Gasteiger partial charge in [-0.3, -0.25) is 0 Å². The second-order valence-corrected chi connectivity index (χ2v) is 17.0. The van der Waals surface area contributed by atoms with Crippen LogP contribution >= 0.6 is 0 Å². The van der Waals surface area contributed by atoms with Gasteiger partial charge in [0.1, 0.15) is 0 Å². The van der Waals surface area contributed by atoms with Crippen molar-refractivity contribution in [3.05, 3.63) is 235 Å².